The minimum atomic E-state index is -0.436. The first kappa shape index (κ1) is 36.4. The van der Waals surface area contributed by atoms with Crippen molar-refractivity contribution in [2.45, 2.75) is 37.0 Å². The molecule has 3 atom stereocenters. The van der Waals surface area contributed by atoms with E-state index in [0.29, 0.717) is 0 Å². The fourth-order valence-electron chi connectivity index (χ4n) is 12.5. The van der Waals surface area contributed by atoms with E-state index in [1.807, 2.05) is 0 Å². The van der Waals surface area contributed by atoms with Crippen LogP contribution in [0.3, 0.4) is 0 Å². The highest BCUT2D eigenvalue weighted by atomic mass is 15.1. The molecule has 0 aromatic heterocycles. The topological polar surface area (TPSA) is 3.24 Å². The molecule has 13 rings (SSSR count). The number of hydrogen-bond acceptors (Lipinski definition) is 1. The Balaban J connectivity index is 0.992. The molecule has 63 heavy (non-hydrogen) atoms. The first-order valence-corrected chi connectivity index (χ1v) is 22.9. The van der Waals surface area contributed by atoms with Crippen LogP contribution < -0.4 is 4.90 Å². The second-order valence-electron chi connectivity index (χ2n) is 18.3. The molecule has 0 radical (unpaired) electrons. The Morgan fingerprint density at radius 1 is 0.349 bits per heavy atom. The summed E-state index contributed by atoms with van der Waals surface area (Å²) in [6.45, 7) is 0. The Morgan fingerprint density at radius 3 is 1.46 bits per heavy atom. The van der Waals surface area contributed by atoms with Gasteiger partial charge in [-0.25, -0.2) is 0 Å². The molecule has 0 heterocycles. The van der Waals surface area contributed by atoms with Crippen molar-refractivity contribution < 1.29 is 0 Å². The van der Waals surface area contributed by atoms with Gasteiger partial charge in [-0.3, -0.25) is 0 Å². The predicted octanol–water partition coefficient (Wildman–Crippen LogP) is 16.4. The van der Waals surface area contributed by atoms with Crippen LogP contribution in [0.25, 0.3) is 55.6 Å². The van der Waals surface area contributed by atoms with Gasteiger partial charge in [0, 0.05) is 16.9 Å². The highest BCUT2D eigenvalue weighted by Gasteiger charge is 2.51. The summed E-state index contributed by atoms with van der Waals surface area (Å²) in [4.78, 5) is 2.50. The molecular formula is C62H47N. The normalized spacial score (nSPS) is 18.2. The predicted molar refractivity (Wildman–Crippen MR) is 262 cm³/mol. The van der Waals surface area contributed by atoms with Crippen molar-refractivity contribution in [1.29, 1.82) is 0 Å². The molecule has 4 aliphatic rings. The summed E-state index contributed by atoms with van der Waals surface area (Å²) in [5.41, 5.74) is 22.5. The van der Waals surface area contributed by atoms with Crippen LogP contribution in [-0.2, 0) is 5.41 Å². The summed E-state index contributed by atoms with van der Waals surface area (Å²) in [6.07, 6.45) is 5.66. The molecule has 0 aliphatic heterocycles. The lowest BCUT2D eigenvalue weighted by atomic mass is 9.70. The molecule has 9 aromatic rings. The van der Waals surface area contributed by atoms with E-state index in [1.165, 1.54) is 109 Å². The maximum atomic E-state index is 2.51. The molecule has 1 heteroatoms. The Morgan fingerprint density at radius 2 is 0.857 bits per heavy atom. The average Bonchev–Trinajstić information content (AvgIpc) is 4.14. The van der Waals surface area contributed by atoms with E-state index in [-0.39, 0.29) is 0 Å². The van der Waals surface area contributed by atoms with Crippen molar-refractivity contribution in [1.82, 2.24) is 0 Å². The first-order valence-electron chi connectivity index (χ1n) is 22.9. The van der Waals surface area contributed by atoms with Crippen molar-refractivity contribution in [2.75, 3.05) is 4.90 Å². The van der Waals surface area contributed by atoms with Crippen LogP contribution in [0.15, 0.2) is 218 Å². The Hall–Kier alpha value is -7.22. The zero-order valence-corrected chi connectivity index (χ0v) is 35.3. The maximum absolute atomic E-state index is 2.51. The van der Waals surface area contributed by atoms with Gasteiger partial charge in [0.2, 0.25) is 0 Å². The highest BCUT2D eigenvalue weighted by molar-refractivity contribution is 5.98. The van der Waals surface area contributed by atoms with Crippen molar-refractivity contribution in [3.8, 4) is 55.6 Å². The van der Waals surface area contributed by atoms with Gasteiger partial charge in [0.15, 0.2) is 0 Å². The summed E-state index contributed by atoms with van der Waals surface area (Å²) in [5.74, 6) is 2.57. The van der Waals surface area contributed by atoms with Crippen LogP contribution in [0.4, 0.5) is 17.1 Å². The SMILES string of the molecule is c1ccc(-c2ccccc2-c2ccccc2N(c2ccc(-c3ccc(C4CC5CCC4C5)cc3)cc2)c2ccc3c(c2)C2(c4ccccc4-c4ccccc42)c2ccccc2-3)cc1. The van der Waals surface area contributed by atoms with E-state index < -0.39 is 5.41 Å². The third kappa shape index (κ3) is 5.55. The summed E-state index contributed by atoms with van der Waals surface area (Å²) in [7, 11) is 0. The van der Waals surface area contributed by atoms with E-state index in [4.69, 9.17) is 0 Å². The fraction of sp³-hybridized carbons (Fsp3) is 0.129. The number of nitrogens with zero attached hydrogens (tertiary/aromatic N) is 1. The second kappa shape index (κ2) is 14.4. The van der Waals surface area contributed by atoms with Gasteiger partial charge in [-0.05, 0) is 145 Å². The van der Waals surface area contributed by atoms with Crippen LogP contribution in [0.1, 0.15) is 59.4 Å². The lowest BCUT2D eigenvalue weighted by Gasteiger charge is -2.33. The minimum absolute atomic E-state index is 0.436. The van der Waals surface area contributed by atoms with Crippen molar-refractivity contribution >= 4 is 17.1 Å². The molecule has 1 nitrogen and oxygen atoms in total. The van der Waals surface area contributed by atoms with Crippen LogP contribution in [0.5, 0.6) is 0 Å². The molecule has 300 valence electrons. The molecular weight excluding hydrogens is 759 g/mol. The number of benzene rings is 9. The van der Waals surface area contributed by atoms with Crippen LogP contribution in [0.2, 0.25) is 0 Å². The van der Waals surface area contributed by atoms with Gasteiger partial charge in [0.1, 0.15) is 0 Å². The zero-order chi connectivity index (χ0) is 41.5. The van der Waals surface area contributed by atoms with E-state index in [0.717, 1.165) is 34.8 Å². The van der Waals surface area contributed by atoms with Gasteiger partial charge in [0.25, 0.3) is 0 Å². The van der Waals surface area contributed by atoms with Gasteiger partial charge >= 0.3 is 0 Å². The fourth-order valence-corrected chi connectivity index (χ4v) is 12.5. The van der Waals surface area contributed by atoms with Crippen LogP contribution in [-0.4, -0.2) is 0 Å². The molecule has 3 unspecified atom stereocenters. The number of para-hydroxylation sites is 1. The molecule has 0 N–H and O–H groups in total. The standard InChI is InChI=1S/C62H47N/c1-2-14-44(15-3-1)49-16-4-5-17-50(49)55-21-9-13-25-61(55)63(47-34-32-43(33-35-47)42-28-30-45(31-29-42)56-39-41-26-27-46(56)38-41)48-36-37-54-53-20-8-12-24-59(53)62(60(54)40-48)57-22-10-6-18-51(57)52-19-7-11-23-58(52)62/h1-25,28-37,40-41,46,56H,26-27,38-39H2. The number of hydrogen-bond donors (Lipinski definition) is 0. The molecule has 0 saturated heterocycles. The van der Waals surface area contributed by atoms with Crippen molar-refractivity contribution in [3.63, 3.8) is 0 Å². The molecule has 2 bridgehead atoms. The lowest BCUT2D eigenvalue weighted by Crippen LogP contribution is -2.26. The minimum Gasteiger partial charge on any atom is -0.310 e. The maximum Gasteiger partial charge on any atom is 0.0726 e. The molecule has 9 aromatic carbocycles. The monoisotopic (exact) mass is 805 g/mol. The van der Waals surface area contributed by atoms with Crippen LogP contribution in [0, 0.1) is 11.8 Å². The second-order valence-corrected chi connectivity index (χ2v) is 18.3. The summed E-state index contributed by atoms with van der Waals surface area (Å²) in [5, 5.41) is 0. The van der Waals surface area contributed by atoms with Gasteiger partial charge in [-0.2, -0.15) is 0 Å². The van der Waals surface area contributed by atoms with Crippen molar-refractivity contribution in [3.05, 3.63) is 246 Å². The molecule has 2 saturated carbocycles. The number of fused-ring (bicyclic) bond motifs is 12. The smallest absolute Gasteiger partial charge is 0.0726 e. The van der Waals surface area contributed by atoms with E-state index in [9.17, 15) is 0 Å². The molecule has 2 fully saturated rings. The Kier molecular flexibility index (Phi) is 8.35. The van der Waals surface area contributed by atoms with E-state index in [1.54, 1.807) is 0 Å². The van der Waals surface area contributed by atoms with Crippen molar-refractivity contribution in [2.24, 2.45) is 11.8 Å². The quantitative estimate of drug-likeness (QED) is 0.155. The van der Waals surface area contributed by atoms with Gasteiger partial charge in [0.05, 0.1) is 11.1 Å². The molecule has 4 aliphatic carbocycles. The van der Waals surface area contributed by atoms with E-state index in [2.05, 4.69) is 223 Å². The molecule has 1 spiro atoms. The third-order valence-electron chi connectivity index (χ3n) is 15.2. The summed E-state index contributed by atoms with van der Waals surface area (Å²) >= 11 is 0. The lowest BCUT2D eigenvalue weighted by molar-refractivity contribution is 0.420. The highest BCUT2D eigenvalue weighted by Crippen LogP contribution is 2.63. The Bertz CT molecular complexity index is 3130. The van der Waals surface area contributed by atoms with Crippen LogP contribution >= 0.6 is 0 Å². The average molecular weight is 806 g/mol. The summed E-state index contributed by atoms with van der Waals surface area (Å²) in [6, 6.07) is 82.0. The molecule has 0 amide bonds. The van der Waals surface area contributed by atoms with E-state index >= 15 is 0 Å². The van der Waals surface area contributed by atoms with Gasteiger partial charge in [-0.1, -0.05) is 194 Å². The number of rotatable bonds is 7. The third-order valence-corrected chi connectivity index (χ3v) is 15.2. The van der Waals surface area contributed by atoms with Gasteiger partial charge in [-0.15, -0.1) is 0 Å². The van der Waals surface area contributed by atoms with Gasteiger partial charge < -0.3 is 4.90 Å². The largest absolute Gasteiger partial charge is 0.310 e. The zero-order valence-electron chi connectivity index (χ0n) is 35.3. The summed E-state index contributed by atoms with van der Waals surface area (Å²) < 4.78 is 0. The Labute approximate surface area is 371 Å². The number of anilines is 3. The first-order chi connectivity index (χ1) is 31.2.